The summed E-state index contributed by atoms with van der Waals surface area (Å²) in [7, 11) is 0. The minimum atomic E-state index is -0.613. The SMILES string of the molecule is C#CC(C)(CC)Oc1cccc(Cl)n1. The van der Waals surface area contributed by atoms with Gasteiger partial charge in [0.2, 0.25) is 5.88 Å². The lowest BCUT2D eigenvalue weighted by atomic mass is 10.1. The second-order valence-electron chi connectivity index (χ2n) is 3.13. The molecule has 0 spiro atoms. The van der Waals surface area contributed by atoms with Crippen molar-refractivity contribution in [2.75, 3.05) is 0 Å². The van der Waals surface area contributed by atoms with Crippen LogP contribution in [0.5, 0.6) is 5.88 Å². The highest BCUT2D eigenvalue weighted by atomic mass is 35.5. The maximum Gasteiger partial charge on any atom is 0.216 e. The van der Waals surface area contributed by atoms with Gasteiger partial charge in [-0.1, -0.05) is 30.5 Å². The van der Waals surface area contributed by atoms with Crippen molar-refractivity contribution in [1.82, 2.24) is 4.98 Å². The zero-order valence-corrected chi connectivity index (χ0v) is 9.01. The first-order chi connectivity index (χ1) is 6.59. The van der Waals surface area contributed by atoms with Crippen molar-refractivity contribution in [2.24, 2.45) is 0 Å². The normalized spacial score (nSPS) is 14.1. The van der Waals surface area contributed by atoms with E-state index in [2.05, 4.69) is 10.9 Å². The summed E-state index contributed by atoms with van der Waals surface area (Å²) in [5.41, 5.74) is -0.613. The van der Waals surface area contributed by atoms with Crippen LogP contribution in [0.2, 0.25) is 5.15 Å². The monoisotopic (exact) mass is 209 g/mol. The number of aromatic nitrogens is 1. The number of rotatable bonds is 3. The van der Waals surface area contributed by atoms with Crippen LogP contribution in [-0.4, -0.2) is 10.6 Å². The fraction of sp³-hybridized carbons (Fsp3) is 0.364. The first-order valence-electron chi connectivity index (χ1n) is 4.39. The molecule has 0 radical (unpaired) electrons. The van der Waals surface area contributed by atoms with E-state index in [0.717, 1.165) is 6.42 Å². The van der Waals surface area contributed by atoms with E-state index in [-0.39, 0.29) is 0 Å². The summed E-state index contributed by atoms with van der Waals surface area (Å²) in [6.45, 7) is 3.81. The molecule has 0 aliphatic carbocycles. The van der Waals surface area contributed by atoms with E-state index < -0.39 is 5.60 Å². The molecule has 1 unspecified atom stereocenters. The molecular formula is C11H12ClNO. The van der Waals surface area contributed by atoms with Gasteiger partial charge >= 0.3 is 0 Å². The molecule has 0 aliphatic heterocycles. The Labute approximate surface area is 89.3 Å². The molecule has 1 aromatic heterocycles. The minimum absolute atomic E-state index is 0.401. The van der Waals surface area contributed by atoms with E-state index in [4.69, 9.17) is 22.8 Å². The molecular weight excluding hydrogens is 198 g/mol. The topological polar surface area (TPSA) is 22.1 Å². The van der Waals surface area contributed by atoms with Crippen LogP contribution in [0.25, 0.3) is 0 Å². The summed E-state index contributed by atoms with van der Waals surface area (Å²) in [6.07, 6.45) is 6.09. The maximum atomic E-state index is 5.72. The van der Waals surface area contributed by atoms with Gasteiger partial charge in [0.25, 0.3) is 0 Å². The second-order valence-corrected chi connectivity index (χ2v) is 3.52. The van der Waals surface area contributed by atoms with Crippen LogP contribution >= 0.6 is 11.6 Å². The van der Waals surface area contributed by atoms with Crippen LogP contribution in [0.3, 0.4) is 0 Å². The molecule has 0 saturated carbocycles. The predicted octanol–water partition coefficient (Wildman–Crippen LogP) is 2.92. The molecule has 0 saturated heterocycles. The Kier molecular flexibility index (Phi) is 3.38. The third kappa shape index (κ3) is 2.65. The quantitative estimate of drug-likeness (QED) is 0.564. The summed E-state index contributed by atoms with van der Waals surface area (Å²) >= 11 is 5.72. The number of hydrogen-bond acceptors (Lipinski definition) is 2. The van der Waals surface area contributed by atoms with E-state index in [9.17, 15) is 0 Å². The van der Waals surface area contributed by atoms with Crippen molar-refractivity contribution in [3.8, 4) is 18.2 Å². The van der Waals surface area contributed by atoms with Gasteiger partial charge in [-0.15, -0.1) is 6.42 Å². The number of pyridine rings is 1. The molecule has 1 rings (SSSR count). The smallest absolute Gasteiger partial charge is 0.216 e. The number of ether oxygens (including phenoxy) is 1. The van der Waals surface area contributed by atoms with Gasteiger partial charge in [-0.2, -0.15) is 0 Å². The molecule has 14 heavy (non-hydrogen) atoms. The molecule has 0 amide bonds. The average molecular weight is 210 g/mol. The van der Waals surface area contributed by atoms with Crippen molar-refractivity contribution in [1.29, 1.82) is 0 Å². The molecule has 0 bridgehead atoms. The Balaban J connectivity index is 2.84. The van der Waals surface area contributed by atoms with E-state index in [0.29, 0.717) is 11.0 Å². The summed E-state index contributed by atoms with van der Waals surface area (Å²) < 4.78 is 5.55. The van der Waals surface area contributed by atoms with Crippen LogP contribution in [0.4, 0.5) is 0 Å². The van der Waals surface area contributed by atoms with Crippen LogP contribution in [-0.2, 0) is 0 Å². The Morgan fingerprint density at radius 3 is 2.86 bits per heavy atom. The summed E-state index contributed by atoms with van der Waals surface area (Å²) in [6, 6.07) is 5.20. The van der Waals surface area contributed by atoms with Crippen LogP contribution in [0.1, 0.15) is 20.3 Å². The fourth-order valence-corrected chi connectivity index (χ4v) is 1.04. The van der Waals surface area contributed by atoms with Crippen molar-refractivity contribution in [3.63, 3.8) is 0 Å². The van der Waals surface area contributed by atoms with E-state index in [1.165, 1.54) is 0 Å². The van der Waals surface area contributed by atoms with E-state index in [1.54, 1.807) is 18.2 Å². The van der Waals surface area contributed by atoms with E-state index >= 15 is 0 Å². The van der Waals surface area contributed by atoms with Gasteiger partial charge < -0.3 is 4.74 Å². The van der Waals surface area contributed by atoms with Crippen molar-refractivity contribution in [3.05, 3.63) is 23.4 Å². The first kappa shape index (κ1) is 10.9. The maximum absolute atomic E-state index is 5.72. The molecule has 1 atom stereocenters. The molecule has 1 aromatic rings. The largest absolute Gasteiger partial charge is 0.458 e. The van der Waals surface area contributed by atoms with Crippen molar-refractivity contribution >= 4 is 11.6 Å². The first-order valence-corrected chi connectivity index (χ1v) is 4.77. The standard InChI is InChI=1S/C11H12ClNO/c1-4-11(3,5-2)14-10-8-6-7-9(12)13-10/h1,6-8H,5H2,2-3H3. The predicted molar refractivity (Wildman–Crippen MR) is 57.4 cm³/mol. The van der Waals surface area contributed by atoms with Gasteiger partial charge in [0, 0.05) is 6.07 Å². The molecule has 0 N–H and O–H groups in total. The Morgan fingerprint density at radius 2 is 2.36 bits per heavy atom. The Morgan fingerprint density at radius 1 is 1.64 bits per heavy atom. The molecule has 2 nitrogen and oxygen atoms in total. The lowest BCUT2D eigenvalue weighted by molar-refractivity contribution is 0.140. The fourth-order valence-electron chi connectivity index (χ4n) is 0.881. The number of nitrogens with zero attached hydrogens (tertiary/aromatic N) is 1. The van der Waals surface area contributed by atoms with Gasteiger partial charge in [0.15, 0.2) is 5.60 Å². The highest BCUT2D eigenvalue weighted by molar-refractivity contribution is 6.29. The van der Waals surface area contributed by atoms with Crippen molar-refractivity contribution in [2.45, 2.75) is 25.9 Å². The lowest BCUT2D eigenvalue weighted by Crippen LogP contribution is -2.29. The van der Waals surface area contributed by atoms with Gasteiger partial charge in [-0.3, -0.25) is 0 Å². The summed E-state index contributed by atoms with van der Waals surface area (Å²) in [4.78, 5) is 4.00. The molecule has 1 heterocycles. The number of terminal acetylenes is 1. The average Bonchev–Trinajstić information content (AvgIpc) is 2.18. The number of hydrogen-bond donors (Lipinski definition) is 0. The molecule has 0 fully saturated rings. The van der Waals surface area contributed by atoms with E-state index in [1.807, 2.05) is 13.8 Å². The third-order valence-electron chi connectivity index (χ3n) is 2.00. The molecule has 0 aliphatic rings. The van der Waals surface area contributed by atoms with Gasteiger partial charge in [0.1, 0.15) is 5.15 Å². The zero-order chi connectivity index (χ0) is 10.6. The molecule has 3 heteroatoms. The summed E-state index contributed by atoms with van der Waals surface area (Å²) in [5, 5.41) is 0.401. The minimum Gasteiger partial charge on any atom is -0.458 e. The second kappa shape index (κ2) is 4.34. The van der Waals surface area contributed by atoms with Gasteiger partial charge in [0.05, 0.1) is 0 Å². The zero-order valence-electron chi connectivity index (χ0n) is 8.25. The van der Waals surface area contributed by atoms with Crippen molar-refractivity contribution < 1.29 is 4.74 Å². The Hall–Kier alpha value is -1.20. The van der Waals surface area contributed by atoms with Crippen LogP contribution < -0.4 is 4.74 Å². The molecule has 74 valence electrons. The van der Waals surface area contributed by atoms with Crippen LogP contribution in [0, 0.1) is 12.3 Å². The lowest BCUT2D eigenvalue weighted by Gasteiger charge is -2.22. The highest BCUT2D eigenvalue weighted by Gasteiger charge is 2.21. The molecule has 0 aromatic carbocycles. The number of halogens is 1. The van der Waals surface area contributed by atoms with Gasteiger partial charge in [-0.25, -0.2) is 4.98 Å². The Bertz CT molecular complexity index is 359. The van der Waals surface area contributed by atoms with Crippen LogP contribution in [0.15, 0.2) is 18.2 Å². The summed E-state index contributed by atoms with van der Waals surface area (Å²) in [5.74, 6) is 3.05. The van der Waals surface area contributed by atoms with Gasteiger partial charge in [-0.05, 0) is 19.4 Å². The third-order valence-corrected chi connectivity index (χ3v) is 2.21. The highest BCUT2D eigenvalue weighted by Crippen LogP contribution is 2.19.